The Hall–Kier alpha value is -1.35. The molecule has 1 aromatic rings. The van der Waals surface area contributed by atoms with E-state index in [2.05, 4.69) is 5.32 Å². The van der Waals surface area contributed by atoms with Gasteiger partial charge in [-0.1, -0.05) is 30.5 Å². The lowest BCUT2D eigenvalue weighted by molar-refractivity contribution is 0.0923. The summed E-state index contributed by atoms with van der Waals surface area (Å²) in [5.41, 5.74) is 8.80. The predicted molar refractivity (Wildman–Crippen MR) is 78.2 cm³/mol. The lowest BCUT2D eigenvalue weighted by Gasteiger charge is -2.23. The molecule has 0 spiro atoms. The van der Waals surface area contributed by atoms with Crippen LogP contribution in [0.3, 0.4) is 0 Å². The maximum atomic E-state index is 12.3. The number of carbonyl (C=O) groups is 1. The first kappa shape index (κ1) is 14.1. The van der Waals surface area contributed by atoms with Gasteiger partial charge in [-0.25, -0.2) is 0 Å². The van der Waals surface area contributed by atoms with Crippen molar-refractivity contribution in [1.82, 2.24) is 5.32 Å². The molecule has 2 rings (SSSR count). The van der Waals surface area contributed by atoms with E-state index in [1.54, 1.807) is 0 Å². The van der Waals surface area contributed by atoms with Gasteiger partial charge >= 0.3 is 0 Å². The van der Waals surface area contributed by atoms with E-state index < -0.39 is 0 Å². The fourth-order valence-corrected chi connectivity index (χ4v) is 3.04. The van der Waals surface area contributed by atoms with Gasteiger partial charge in [0.1, 0.15) is 0 Å². The molecule has 0 bridgehead atoms. The lowest BCUT2D eigenvalue weighted by Crippen LogP contribution is -2.44. The third kappa shape index (κ3) is 3.35. The summed E-state index contributed by atoms with van der Waals surface area (Å²) in [6, 6.07) is 6.05. The van der Waals surface area contributed by atoms with Crippen molar-refractivity contribution >= 4 is 5.91 Å². The Morgan fingerprint density at radius 1 is 1.37 bits per heavy atom. The number of nitrogens with two attached hydrogens (primary N) is 1. The molecule has 1 fully saturated rings. The molecule has 0 aliphatic heterocycles. The summed E-state index contributed by atoms with van der Waals surface area (Å²) in [4.78, 5) is 12.3. The van der Waals surface area contributed by atoms with E-state index in [1.165, 1.54) is 31.2 Å². The molecule has 3 heteroatoms. The van der Waals surface area contributed by atoms with Crippen LogP contribution in [0.2, 0.25) is 0 Å². The summed E-state index contributed by atoms with van der Waals surface area (Å²) in [6.45, 7) is 4.55. The molecule has 1 aliphatic carbocycles. The summed E-state index contributed by atoms with van der Waals surface area (Å²) in [7, 11) is 0. The Morgan fingerprint density at radius 3 is 2.63 bits per heavy atom. The van der Waals surface area contributed by atoms with Crippen LogP contribution in [0.1, 0.15) is 47.2 Å². The Labute approximate surface area is 115 Å². The Bertz CT molecular complexity index is 450. The minimum absolute atomic E-state index is 0.0138. The van der Waals surface area contributed by atoms with Crippen molar-refractivity contribution in [3.05, 3.63) is 34.9 Å². The van der Waals surface area contributed by atoms with E-state index in [-0.39, 0.29) is 11.9 Å². The molecule has 1 atom stereocenters. The maximum absolute atomic E-state index is 12.3. The second kappa shape index (κ2) is 6.20. The summed E-state index contributed by atoms with van der Waals surface area (Å²) in [5, 5.41) is 3.12. The van der Waals surface area contributed by atoms with Crippen molar-refractivity contribution < 1.29 is 4.79 Å². The van der Waals surface area contributed by atoms with Gasteiger partial charge in [-0.2, -0.15) is 0 Å². The first-order chi connectivity index (χ1) is 9.11. The van der Waals surface area contributed by atoms with E-state index in [9.17, 15) is 4.79 Å². The number of benzene rings is 1. The van der Waals surface area contributed by atoms with E-state index >= 15 is 0 Å². The van der Waals surface area contributed by atoms with Gasteiger partial charge in [0, 0.05) is 18.2 Å². The molecule has 1 aliphatic rings. The van der Waals surface area contributed by atoms with Crippen molar-refractivity contribution in [1.29, 1.82) is 0 Å². The summed E-state index contributed by atoms with van der Waals surface area (Å²) >= 11 is 0. The van der Waals surface area contributed by atoms with E-state index in [0.29, 0.717) is 12.5 Å². The van der Waals surface area contributed by atoms with Crippen molar-refractivity contribution in [3.63, 3.8) is 0 Å². The monoisotopic (exact) mass is 260 g/mol. The standard InChI is InChI=1S/C16H24N2O/c1-11-7-8-14(12(2)9-11)16(19)18-15(10-17)13-5-3-4-6-13/h7-9,13,15H,3-6,10,17H2,1-2H3,(H,18,19). The number of carbonyl (C=O) groups excluding carboxylic acids is 1. The summed E-state index contributed by atoms with van der Waals surface area (Å²) < 4.78 is 0. The third-order valence-electron chi connectivity index (χ3n) is 4.17. The van der Waals surface area contributed by atoms with Crippen LogP contribution in [-0.2, 0) is 0 Å². The lowest BCUT2D eigenvalue weighted by atomic mass is 9.97. The van der Waals surface area contributed by atoms with Gasteiger partial charge < -0.3 is 11.1 Å². The molecule has 19 heavy (non-hydrogen) atoms. The van der Waals surface area contributed by atoms with Crippen molar-refractivity contribution in [2.75, 3.05) is 6.54 Å². The fourth-order valence-electron chi connectivity index (χ4n) is 3.04. The number of nitrogens with one attached hydrogen (secondary N) is 1. The van der Waals surface area contributed by atoms with Crippen LogP contribution >= 0.6 is 0 Å². The molecule has 0 heterocycles. The third-order valence-corrected chi connectivity index (χ3v) is 4.17. The number of amides is 1. The SMILES string of the molecule is Cc1ccc(C(=O)NC(CN)C2CCCC2)c(C)c1. The van der Waals surface area contributed by atoms with Crippen LogP contribution in [-0.4, -0.2) is 18.5 Å². The van der Waals surface area contributed by atoms with Gasteiger partial charge in [0.2, 0.25) is 0 Å². The number of rotatable bonds is 4. The van der Waals surface area contributed by atoms with Crippen molar-refractivity contribution in [2.45, 2.75) is 45.6 Å². The quantitative estimate of drug-likeness (QED) is 0.874. The highest BCUT2D eigenvalue weighted by Crippen LogP contribution is 2.27. The topological polar surface area (TPSA) is 55.1 Å². The summed E-state index contributed by atoms with van der Waals surface area (Å²) in [5.74, 6) is 0.569. The second-order valence-corrected chi connectivity index (χ2v) is 5.68. The Kier molecular flexibility index (Phi) is 4.59. The minimum Gasteiger partial charge on any atom is -0.348 e. The van der Waals surface area contributed by atoms with E-state index in [0.717, 1.165) is 11.1 Å². The molecule has 0 saturated heterocycles. The maximum Gasteiger partial charge on any atom is 0.251 e. The molecular weight excluding hydrogens is 236 g/mol. The second-order valence-electron chi connectivity index (χ2n) is 5.68. The van der Waals surface area contributed by atoms with Crippen LogP contribution in [0.15, 0.2) is 18.2 Å². The highest BCUT2D eigenvalue weighted by Gasteiger charge is 2.25. The van der Waals surface area contributed by atoms with Crippen LogP contribution in [0.25, 0.3) is 0 Å². The average molecular weight is 260 g/mol. The normalized spacial score (nSPS) is 17.4. The highest BCUT2D eigenvalue weighted by atomic mass is 16.1. The van der Waals surface area contributed by atoms with Gasteiger partial charge in [0.05, 0.1) is 0 Å². The highest BCUT2D eigenvalue weighted by molar-refractivity contribution is 5.95. The fraction of sp³-hybridized carbons (Fsp3) is 0.562. The largest absolute Gasteiger partial charge is 0.348 e. The van der Waals surface area contributed by atoms with Crippen LogP contribution in [0, 0.1) is 19.8 Å². The average Bonchev–Trinajstić information content (AvgIpc) is 2.89. The van der Waals surface area contributed by atoms with Crippen molar-refractivity contribution in [2.24, 2.45) is 11.7 Å². The molecule has 0 aromatic heterocycles. The number of hydrogen-bond acceptors (Lipinski definition) is 2. The van der Waals surface area contributed by atoms with Crippen LogP contribution in [0.4, 0.5) is 0 Å². The van der Waals surface area contributed by atoms with Crippen LogP contribution in [0.5, 0.6) is 0 Å². The molecule has 3 N–H and O–H groups in total. The Balaban J connectivity index is 2.06. The molecule has 3 nitrogen and oxygen atoms in total. The first-order valence-electron chi connectivity index (χ1n) is 7.20. The summed E-state index contributed by atoms with van der Waals surface area (Å²) in [6.07, 6.45) is 4.91. The van der Waals surface area contributed by atoms with Gasteiger partial charge in [-0.05, 0) is 44.2 Å². The smallest absolute Gasteiger partial charge is 0.251 e. The Morgan fingerprint density at radius 2 is 2.05 bits per heavy atom. The zero-order valence-corrected chi connectivity index (χ0v) is 11.9. The zero-order chi connectivity index (χ0) is 13.8. The van der Waals surface area contributed by atoms with E-state index in [1.807, 2.05) is 32.0 Å². The van der Waals surface area contributed by atoms with E-state index in [4.69, 9.17) is 5.73 Å². The van der Waals surface area contributed by atoms with Gasteiger partial charge in [0.25, 0.3) is 5.91 Å². The molecular formula is C16H24N2O. The van der Waals surface area contributed by atoms with Crippen molar-refractivity contribution in [3.8, 4) is 0 Å². The molecule has 1 amide bonds. The van der Waals surface area contributed by atoms with Gasteiger partial charge in [-0.15, -0.1) is 0 Å². The molecule has 1 saturated carbocycles. The molecule has 0 radical (unpaired) electrons. The molecule has 1 aromatic carbocycles. The minimum atomic E-state index is 0.0138. The van der Waals surface area contributed by atoms with Gasteiger partial charge in [0.15, 0.2) is 0 Å². The zero-order valence-electron chi connectivity index (χ0n) is 11.9. The molecule has 104 valence electrons. The van der Waals surface area contributed by atoms with Crippen LogP contribution < -0.4 is 11.1 Å². The molecule has 1 unspecified atom stereocenters. The number of hydrogen-bond donors (Lipinski definition) is 2. The number of aryl methyl sites for hydroxylation is 2. The van der Waals surface area contributed by atoms with Gasteiger partial charge in [-0.3, -0.25) is 4.79 Å². The first-order valence-corrected chi connectivity index (χ1v) is 7.20. The predicted octanol–water partition coefficient (Wildman–Crippen LogP) is 2.55.